The summed E-state index contributed by atoms with van der Waals surface area (Å²) in [7, 11) is 0. The van der Waals surface area contributed by atoms with Crippen molar-refractivity contribution in [2.45, 2.75) is 63.3 Å². The van der Waals surface area contributed by atoms with E-state index >= 15 is 0 Å². The van der Waals surface area contributed by atoms with Gasteiger partial charge in [0.1, 0.15) is 11.6 Å². The maximum Gasteiger partial charge on any atom is 0.312 e. The first-order chi connectivity index (χ1) is 15.5. The molecule has 2 N–H and O–H groups in total. The second-order valence-electron chi connectivity index (χ2n) is 8.83. The molecular formula is C24H32N2O6. The van der Waals surface area contributed by atoms with Gasteiger partial charge in [0.2, 0.25) is 11.8 Å². The summed E-state index contributed by atoms with van der Waals surface area (Å²) >= 11 is 0. The van der Waals surface area contributed by atoms with Crippen LogP contribution >= 0.6 is 0 Å². The van der Waals surface area contributed by atoms with Crippen molar-refractivity contribution in [1.82, 2.24) is 10.2 Å². The Kier molecular flexibility index (Phi) is 6.81. The first-order valence-corrected chi connectivity index (χ1v) is 11.6. The summed E-state index contributed by atoms with van der Waals surface area (Å²) in [5.74, 6) is -2.22. The molecule has 4 rings (SSSR count). The van der Waals surface area contributed by atoms with Crippen LogP contribution in [0.2, 0.25) is 0 Å². The zero-order chi connectivity index (χ0) is 22.7. The minimum Gasteiger partial charge on any atom is -0.466 e. The minimum absolute atomic E-state index is 0.0945. The van der Waals surface area contributed by atoms with Gasteiger partial charge in [-0.1, -0.05) is 30.3 Å². The molecule has 2 unspecified atom stereocenters. The van der Waals surface area contributed by atoms with Crippen LogP contribution in [-0.4, -0.2) is 65.3 Å². The number of nitrogens with zero attached hydrogens (tertiary/aromatic N) is 1. The van der Waals surface area contributed by atoms with E-state index < -0.39 is 29.4 Å². The molecule has 3 fully saturated rings. The van der Waals surface area contributed by atoms with E-state index in [1.165, 1.54) is 0 Å². The summed E-state index contributed by atoms with van der Waals surface area (Å²) in [6.07, 6.45) is 2.88. The molecule has 0 aromatic heterocycles. The number of carbonyl (C=O) groups is 3. The quantitative estimate of drug-likeness (QED) is 0.418. The number of aliphatic hydroxyl groups excluding tert-OH is 1. The third-order valence-electron chi connectivity index (χ3n) is 6.97. The summed E-state index contributed by atoms with van der Waals surface area (Å²) in [5.41, 5.74) is -0.0218. The number of ether oxygens (including phenoxy) is 2. The van der Waals surface area contributed by atoms with E-state index in [1.807, 2.05) is 30.3 Å². The highest BCUT2D eigenvalue weighted by Gasteiger charge is 2.74. The number of esters is 1. The van der Waals surface area contributed by atoms with Gasteiger partial charge in [0.05, 0.1) is 24.5 Å². The maximum absolute atomic E-state index is 13.6. The van der Waals surface area contributed by atoms with Crippen LogP contribution in [0.5, 0.6) is 0 Å². The van der Waals surface area contributed by atoms with Crippen LogP contribution < -0.4 is 5.32 Å². The fraction of sp³-hybridized carbons (Fsp3) is 0.625. The van der Waals surface area contributed by atoms with Crippen molar-refractivity contribution in [2.24, 2.45) is 11.8 Å². The molecule has 5 atom stereocenters. The molecule has 2 amide bonds. The molecule has 2 bridgehead atoms. The van der Waals surface area contributed by atoms with Crippen molar-refractivity contribution < 1.29 is 29.0 Å². The predicted molar refractivity (Wildman–Crippen MR) is 115 cm³/mol. The summed E-state index contributed by atoms with van der Waals surface area (Å²) in [4.78, 5) is 41.3. The number of aliphatic hydroxyl groups is 1. The highest BCUT2D eigenvalue weighted by atomic mass is 16.6. The monoisotopic (exact) mass is 444 g/mol. The molecule has 1 spiro atoms. The van der Waals surface area contributed by atoms with E-state index in [0.717, 1.165) is 12.0 Å². The van der Waals surface area contributed by atoms with Gasteiger partial charge < -0.3 is 24.8 Å². The number of amides is 2. The highest BCUT2D eigenvalue weighted by Crippen LogP contribution is 2.58. The van der Waals surface area contributed by atoms with Gasteiger partial charge >= 0.3 is 5.97 Å². The fourth-order valence-electron chi connectivity index (χ4n) is 5.65. The zero-order valence-corrected chi connectivity index (χ0v) is 18.5. The average Bonchev–Trinajstić information content (AvgIpc) is 3.43. The molecular weight excluding hydrogens is 412 g/mol. The van der Waals surface area contributed by atoms with Crippen LogP contribution in [0.3, 0.4) is 0 Å². The number of unbranched alkanes of at least 4 members (excludes halogenated alkanes) is 2. The number of hydrogen-bond donors (Lipinski definition) is 2. The van der Waals surface area contributed by atoms with E-state index in [0.29, 0.717) is 38.8 Å². The highest BCUT2D eigenvalue weighted by molar-refractivity contribution is 5.98. The summed E-state index contributed by atoms with van der Waals surface area (Å²) in [5, 5.41) is 12.1. The molecule has 3 aliphatic heterocycles. The zero-order valence-electron chi connectivity index (χ0n) is 18.5. The molecule has 1 aromatic rings. The lowest BCUT2D eigenvalue weighted by Gasteiger charge is -2.33. The molecule has 3 saturated heterocycles. The first-order valence-electron chi connectivity index (χ1n) is 11.6. The Hall–Kier alpha value is -2.45. The Morgan fingerprint density at radius 1 is 1.25 bits per heavy atom. The van der Waals surface area contributed by atoms with Gasteiger partial charge in [-0.25, -0.2) is 0 Å². The molecule has 3 heterocycles. The number of likely N-dealkylation sites (tertiary alicyclic amines) is 1. The summed E-state index contributed by atoms with van der Waals surface area (Å²) in [6.45, 7) is 2.82. The smallest absolute Gasteiger partial charge is 0.312 e. The van der Waals surface area contributed by atoms with Crippen LogP contribution in [0.25, 0.3) is 0 Å². The van der Waals surface area contributed by atoms with Crippen molar-refractivity contribution in [1.29, 1.82) is 0 Å². The second kappa shape index (κ2) is 9.58. The van der Waals surface area contributed by atoms with Gasteiger partial charge in [0.15, 0.2) is 0 Å². The lowest BCUT2D eigenvalue weighted by atomic mass is 9.71. The van der Waals surface area contributed by atoms with Gasteiger partial charge in [-0.2, -0.15) is 0 Å². The standard InChI is InChI=1S/C24H32N2O6/c1-2-31-23(30)18-17-11-12-24(32-17)19(18)22(29)26(13-7-4-8-14-27)20(24)21(28)25-15-16-9-5-3-6-10-16/h3,5-6,9-10,17-20,27H,2,4,7-8,11-15H2,1H3,(H,25,28)/t17-,18+,19-,20?,24?/m0/s1. The molecule has 32 heavy (non-hydrogen) atoms. The normalized spacial score (nSPS) is 30.4. The minimum atomic E-state index is -0.989. The van der Waals surface area contributed by atoms with E-state index in [1.54, 1.807) is 11.8 Å². The summed E-state index contributed by atoms with van der Waals surface area (Å²) in [6, 6.07) is 8.83. The number of carbonyl (C=O) groups excluding carboxylic acids is 3. The molecule has 1 aromatic carbocycles. The fourth-order valence-corrected chi connectivity index (χ4v) is 5.65. The number of hydrogen-bond acceptors (Lipinski definition) is 6. The van der Waals surface area contributed by atoms with Gasteiger partial charge in [-0.3, -0.25) is 14.4 Å². The summed E-state index contributed by atoms with van der Waals surface area (Å²) < 4.78 is 11.6. The SMILES string of the molecule is CCOC(=O)[C@@H]1[C@@H]2CCC3(O2)C(C(=O)NCc2ccccc2)N(CCCCCO)C(=O)[C@H]13. The van der Waals surface area contributed by atoms with Gasteiger partial charge in [0, 0.05) is 19.7 Å². The van der Waals surface area contributed by atoms with Gasteiger partial charge in [-0.15, -0.1) is 0 Å². The Balaban J connectivity index is 1.58. The predicted octanol–water partition coefficient (Wildman–Crippen LogP) is 1.40. The molecule has 174 valence electrons. The number of nitrogens with one attached hydrogen (secondary N) is 1. The molecule has 3 aliphatic rings. The van der Waals surface area contributed by atoms with Gasteiger partial charge in [0.25, 0.3) is 0 Å². The lowest BCUT2D eigenvalue weighted by Crippen LogP contribution is -2.55. The van der Waals surface area contributed by atoms with Crippen molar-refractivity contribution >= 4 is 17.8 Å². The van der Waals surface area contributed by atoms with Crippen LogP contribution in [0.4, 0.5) is 0 Å². The van der Waals surface area contributed by atoms with Crippen molar-refractivity contribution in [2.75, 3.05) is 19.8 Å². The van der Waals surface area contributed by atoms with Crippen molar-refractivity contribution in [3.8, 4) is 0 Å². The van der Waals surface area contributed by atoms with E-state index in [-0.39, 0.29) is 31.1 Å². The third kappa shape index (κ3) is 3.90. The molecule has 8 heteroatoms. The van der Waals surface area contributed by atoms with Crippen LogP contribution in [-0.2, 0) is 30.4 Å². The Bertz CT molecular complexity index is 846. The molecule has 0 saturated carbocycles. The number of benzene rings is 1. The number of rotatable bonds is 10. The van der Waals surface area contributed by atoms with Crippen molar-refractivity contribution in [3.05, 3.63) is 35.9 Å². The molecule has 0 radical (unpaired) electrons. The van der Waals surface area contributed by atoms with E-state index in [9.17, 15) is 14.4 Å². The van der Waals surface area contributed by atoms with Crippen LogP contribution in [0, 0.1) is 11.8 Å². The Labute approximate surface area is 188 Å². The topological polar surface area (TPSA) is 105 Å². The van der Waals surface area contributed by atoms with E-state index in [2.05, 4.69) is 5.32 Å². The Morgan fingerprint density at radius 2 is 2.03 bits per heavy atom. The van der Waals surface area contributed by atoms with Gasteiger partial charge in [-0.05, 0) is 44.6 Å². The lowest BCUT2D eigenvalue weighted by molar-refractivity contribution is -0.154. The average molecular weight is 445 g/mol. The molecule has 0 aliphatic carbocycles. The molecule has 8 nitrogen and oxygen atoms in total. The third-order valence-corrected chi connectivity index (χ3v) is 6.97. The number of fused-ring (bicyclic) bond motifs is 1. The second-order valence-corrected chi connectivity index (χ2v) is 8.83. The Morgan fingerprint density at radius 3 is 2.75 bits per heavy atom. The largest absolute Gasteiger partial charge is 0.466 e. The maximum atomic E-state index is 13.6. The van der Waals surface area contributed by atoms with E-state index in [4.69, 9.17) is 14.6 Å². The van der Waals surface area contributed by atoms with Crippen LogP contribution in [0.15, 0.2) is 30.3 Å². The van der Waals surface area contributed by atoms with Crippen LogP contribution in [0.1, 0.15) is 44.6 Å². The van der Waals surface area contributed by atoms with Crippen molar-refractivity contribution in [3.63, 3.8) is 0 Å². The first kappa shape index (κ1) is 22.7.